The van der Waals surface area contributed by atoms with Gasteiger partial charge in [-0.05, 0) is 43.7 Å². The molecule has 0 aliphatic rings. The average molecular weight is 386 g/mol. The smallest absolute Gasteiger partial charge is 0.279 e. The number of carbonyl (C=O) groups excluding carboxylic acids is 2. The van der Waals surface area contributed by atoms with Crippen molar-refractivity contribution in [3.63, 3.8) is 0 Å². The van der Waals surface area contributed by atoms with Crippen LogP contribution in [0.4, 0.5) is 0 Å². The molecule has 2 N–H and O–H groups in total. The molecule has 0 bridgehead atoms. The minimum absolute atomic E-state index is 0.330. The summed E-state index contributed by atoms with van der Waals surface area (Å²) in [7, 11) is 1.51. The summed E-state index contributed by atoms with van der Waals surface area (Å²) in [5, 5.41) is 0. The number of para-hydroxylation sites is 1. The maximum absolute atomic E-state index is 12.3. The third-order valence-electron chi connectivity index (χ3n) is 3.91. The van der Waals surface area contributed by atoms with Crippen molar-refractivity contribution in [2.75, 3.05) is 13.7 Å². The second-order valence-corrected chi connectivity index (χ2v) is 6.08. The van der Waals surface area contributed by atoms with Gasteiger partial charge < -0.3 is 14.2 Å². The molecule has 0 aliphatic heterocycles. The van der Waals surface area contributed by atoms with Crippen LogP contribution in [-0.4, -0.2) is 31.6 Å². The first-order valence-corrected chi connectivity index (χ1v) is 9.18. The standard InChI is InChI=1S/C21H26N2O5/c1-4-5-13-27-18-12-11-16(14-19(18)26-3)21(25)23-22-20(24)15(2)28-17-9-7-6-8-10-17/h6-12,14-15H,4-5,13H2,1-3H3,(H,22,24)(H,23,25). The Hall–Kier alpha value is -3.22. The van der Waals surface area contributed by atoms with Crippen molar-refractivity contribution in [2.45, 2.75) is 32.8 Å². The summed E-state index contributed by atoms with van der Waals surface area (Å²) >= 11 is 0. The van der Waals surface area contributed by atoms with Gasteiger partial charge in [0.15, 0.2) is 17.6 Å². The van der Waals surface area contributed by atoms with Crippen molar-refractivity contribution in [1.82, 2.24) is 10.9 Å². The van der Waals surface area contributed by atoms with Gasteiger partial charge in [0, 0.05) is 5.56 Å². The molecule has 0 heterocycles. The van der Waals surface area contributed by atoms with Gasteiger partial charge in [0.25, 0.3) is 11.8 Å². The van der Waals surface area contributed by atoms with E-state index >= 15 is 0 Å². The van der Waals surface area contributed by atoms with Crippen molar-refractivity contribution in [3.05, 3.63) is 54.1 Å². The molecule has 7 nitrogen and oxygen atoms in total. The van der Waals surface area contributed by atoms with Crippen LogP contribution in [0.25, 0.3) is 0 Å². The fourth-order valence-electron chi connectivity index (χ4n) is 2.30. The number of amides is 2. The summed E-state index contributed by atoms with van der Waals surface area (Å²) in [5.74, 6) is 0.652. The maximum Gasteiger partial charge on any atom is 0.279 e. The summed E-state index contributed by atoms with van der Waals surface area (Å²) in [6, 6.07) is 13.8. The Morgan fingerprint density at radius 1 is 1.04 bits per heavy atom. The van der Waals surface area contributed by atoms with E-state index in [2.05, 4.69) is 17.8 Å². The lowest BCUT2D eigenvalue weighted by Gasteiger charge is -2.15. The number of rotatable bonds is 9. The second-order valence-electron chi connectivity index (χ2n) is 6.08. The van der Waals surface area contributed by atoms with Gasteiger partial charge in [-0.2, -0.15) is 0 Å². The number of hydrogen-bond donors (Lipinski definition) is 2. The van der Waals surface area contributed by atoms with Crippen LogP contribution in [-0.2, 0) is 4.79 Å². The van der Waals surface area contributed by atoms with Gasteiger partial charge in [0.05, 0.1) is 13.7 Å². The molecule has 2 rings (SSSR count). The Kier molecular flexibility index (Phi) is 8.14. The molecule has 1 unspecified atom stereocenters. The van der Waals surface area contributed by atoms with Gasteiger partial charge in [0.1, 0.15) is 5.75 Å². The first-order valence-electron chi connectivity index (χ1n) is 9.18. The van der Waals surface area contributed by atoms with E-state index < -0.39 is 17.9 Å². The molecular weight excluding hydrogens is 360 g/mol. The second kappa shape index (κ2) is 10.8. The van der Waals surface area contributed by atoms with E-state index in [4.69, 9.17) is 14.2 Å². The number of benzene rings is 2. The number of hydrazine groups is 1. The molecule has 28 heavy (non-hydrogen) atoms. The molecule has 0 spiro atoms. The third kappa shape index (κ3) is 6.19. The molecule has 0 aliphatic carbocycles. The molecule has 0 fully saturated rings. The molecule has 2 amide bonds. The Bertz CT molecular complexity index is 780. The van der Waals surface area contributed by atoms with Crippen LogP contribution < -0.4 is 25.1 Å². The van der Waals surface area contributed by atoms with Gasteiger partial charge >= 0.3 is 0 Å². The fourth-order valence-corrected chi connectivity index (χ4v) is 2.30. The van der Waals surface area contributed by atoms with E-state index in [1.807, 2.05) is 18.2 Å². The van der Waals surface area contributed by atoms with Crippen LogP contribution in [0.2, 0.25) is 0 Å². The molecule has 0 radical (unpaired) electrons. The first-order chi connectivity index (χ1) is 13.5. The maximum atomic E-state index is 12.3. The fraction of sp³-hybridized carbons (Fsp3) is 0.333. The zero-order chi connectivity index (χ0) is 20.4. The predicted molar refractivity (Wildman–Crippen MR) is 106 cm³/mol. The van der Waals surface area contributed by atoms with Crippen LogP contribution >= 0.6 is 0 Å². The van der Waals surface area contributed by atoms with Crippen LogP contribution in [0.3, 0.4) is 0 Å². The molecule has 1 atom stereocenters. The summed E-state index contributed by atoms with van der Waals surface area (Å²) in [4.78, 5) is 24.4. The van der Waals surface area contributed by atoms with Gasteiger partial charge in [-0.1, -0.05) is 31.5 Å². The van der Waals surface area contributed by atoms with E-state index in [0.717, 1.165) is 12.8 Å². The molecule has 150 valence electrons. The SMILES string of the molecule is CCCCOc1ccc(C(=O)NNC(=O)C(C)Oc2ccccc2)cc1OC. The van der Waals surface area contributed by atoms with Crippen LogP contribution in [0, 0.1) is 0 Å². The topological polar surface area (TPSA) is 85.9 Å². The number of carbonyl (C=O) groups is 2. The van der Waals surface area contributed by atoms with Gasteiger partial charge in [-0.15, -0.1) is 0 Å². The van der Waals surface area contributed by atoms with Crippen LogP contribution in [0.5, 0.6) is 17.2 Å². The number of nitrogens with one attached hydrogen (secondary N) is 2. The van der Waals surface area contributed by atoms with Crippen molar-refractivity contribution in [3.8, 4) is 17.2 Å². The minimum atomic E-state index is -0.772. The number of hydrogen-bond acceptors (Lipinski definition) is 5. The zero-order valence-corrected chi connectivity index (χ0v) is 16.4. The zero-order valence-electron chi connectivity index (χ0n) is 16.4. The number of methoxy groups -OCH3 is 1. The van der Waals surface area contributed by atoms with Crippen LogP contribution in [0.15, 0.2) is 48.5 Å². The van der Waals surface area contributed by atoms with Crippen molar-refractivity contribution >= 4 is 11.8 Å². The molecule has 2 aromatic carbocycles. The normalized spacial score (nSPS) is 11.2. The van der Waals surface area contributed by atoms with Gasteiger partial charge in [0.2, 0.25) is 0 Å². The highest BCUT2D eigenvalue weighted by atomic mass is 16.5. The van der Waals surface area contributed by atoms with Gasteiger partial charge in [-0.25, -0.2) is 0 Å². The number of ether oxygens (including phenoxy) is 3. The lowest BCUT2D eigenvalue weighted by Crippen LogP contribution is -2.47. The molecule has 0 aromatic heterocycles. The molecule has 2 aromatic rings. The molecule has 0 saturated carbocycles. The summed E-state index contributed by atoms with van der Waals surface area (Å²) < 4.78 is 16.4. The van der Waals surface area contributed by atoms with Crippen molar-refractivity contribution < 1.29 is 23.8 Å². The highest BCUT2D eigenvalue weighted by molar-refractivity contribution is 5.96. The van der Waals surface area contributed by atoms with E-state index in [1.165, 1.54) is 7.11 Å². The van der Waals surface area contributed by atoms with E-state index in [9.17, 15) is 9.59 Å². The Labute approximate surface area is 165 Å². The minimum Gasteiger partial charge on any atom is -0.493 e. The monoisotopic (exact) mass is 386 g/mol. The summed E-state index contributed by atoms with van der Waals surface area (Å²) in [6.45, 7) is 4.25. The Morgan fingerprint density at radius 2 is 1.79 bits per heavy atom. The predicted octanol–water partition coefficient (Wildman–Crippen LogP) is 3.10. The van der Waals surface area contributed by atoms with Crippen molar-refractivity contribution in [1.29, 1.82) is 0 Å². The van der Waals surface area contributed by atoms with Crippen LogP contribution in [0.1, 0.15) is 37.0 Å². The Morgan fingerprint density at radius 3 is 2.46 bits per heavy atom. The number of unbranched alkanes of at least 4 members (excludes halogenated alkanes) is 1. The third-order valence-corrected chi connectivity index (χ3v) is 3.91. The van der Waals surface area contributed by atoms with E-state index in [1.54, 1.807) is 37.3 Å². The van der Waals surface area contributed by atoms with E-state index in [0.29, 0.717) is 29.4 Å². The van der Waals surface area contributed by atoms with Gasteiger partial charge in [-0.3, -0.25) is 20.4 Å². The molecule has 0 saturated heterocycles. The van der Waals surface area contributed by atoms with Crippen molar-refractivity contribution in [2.24, 2.45) is 0 Å². The largest absolute Gasteiger partial charge is 0.493 e. The summed E-state index contributed by atoms with van der Waals surface area (Å²) in [6.07, 6.45) is 1.18. The summed E-state index contributed by atoms with van der Waals surface area (Å²) in [5.41, 5.74) is 5.06. The molecular formula is C21H26N2O5. The average Bonchev–Trinajstić information content (AvgIpc) is 2.72. The highest BCUT2D eigenvalue weighted by Crippen LogP contribution is 2.28. The van der Waals surface area contributed by atoms with E-state index in [-0.39, 0.29) is 0 Å². The quantitative estimate of drug-likeness (QED) is 0.511. The molecule has 7 heteroatoms. The Balaban J connectivity index is 1.90. The lowest BCUT2D eigenvalue weighted by molar-refractivity contribution is -0.128. The first kappa shape index (κ1) is 21.1. The lowest BCUT2D eigenvalue weighted by atomic mass is 10.2. The highest BCUT2D eigenvalue weighted by Gasteiger charge is 2.17.